The molecule has 1 atom stereocenters. The second kappa shape index (κ2) is 7.27. The molecule has 3 aromatic rings. The molecular weight excluding hydrogens is 405 g/mol. The van der Waals surface area contributed by atoms with Crippen molar-refractivity contribution in [3.63, 3.8) is 0 Å². The monoisotopic (exact) mass is 423 g/mol. The van der Waals surface area contributed by atoms with Crippen LogP contribution < -0.4 is 16.6 Å². The molecule has 1 aromatic carbocycles. The summed E-state index contributed by atoms with van der Waals surface area (Å²) >= 11 is 12.0. The van der Waals surface area contributed by atoms with Crippen molar-refractivity contribution in [2.75, 3.05) is 18.5 Å². The Morgan fingerprint density at radius 3 is 2.68 bits per heavy atom. The maximum atomic E-state index is 13.1. The quantitative estimate of drug-likeness (QED) is 0.693. The summed E-state index contributed by atoms with van der Waals surface area (Å²) in [5.41, 5.74) is 0.539. The predicted molar refractivity (Wildman–Crippen MR) is 109 cm³/mol. The van der Waals surface area contributed by atoms with Gasteiger partial charge in [0.1, 0.15) is 0 Å². The van der Waals surface area contributed by atoms with Crippen molar-refractivity contribution >= 4 is 40.3 Å². The van der Waals surface area contributed by atoms with Gasteiger partial charge in [-0.3, -0.25) is 13.9 Å². The van der Waals surface area contributed by atoms with Crippen molar-refractivity contribution in [3.05, 3.63) is 54.6 Å². The summed E-state index contributed by atoms with van der Waals surface area (Å²) in [6.45, 7) is 1.36. The van der Waals surface area contributed by atoms with E-state index in [2.05, 4.69) is 10.3 Å². The first-order valence-electron chi connectivity index (χ1n) is 8.81. The van der Waals surface area contributed by atoms with Gasteiger partial charge in [-0.25, -0.2) is 4.79 Å². The van der Waals surface area contributed by atoms with Crippen molar-refractivity contribution in [3.8, 4) is 0 Å². The third kappa shape index (κ3) is 3.21. The van der Waals surface area contributed by atoms with E-state index in [-0.39, 0.29) is 12.6 Å². The number of rotatable bonds is 4. The van der Waals surface area contributed by atoms with E-state index in [4.69, 9.17) is 27.9 Å². The molecule has 0 amide bonds. The molecule has 0 bridgehead atoms. The predicted octanol–water partition coefficient (Wildman–Crippen LogP) is 1.99. The third-order valence-electron chi connectivity index (χ3n) is 4.95. The second-order valence-electron chi connectivity index (χ2n) is 6.85. The van der Waals surface area contributed by atoms with Crippen LogP contribution in [0, 0.1) is 0 Å². The molecule has 28 heavy (non-hydrogen) atoms. The summed E-state index contributed by atoms with van der Waals surface area (Å²) in [5, 5.41) is 4.07. The number of hydrogen-bond acceptors (Lipinski definition) is 5. The van der Waals surface area contributed by atoms with Crippen LogP contribution >= 0.6 is 23.2 Å². The van der Waals surface area contributed by atoms with Gasteiger partial charge in [-0.05, 0) is 24.1 Å². The molecule has 1 aliphatic rings. The average molecular weight is 424 g/mol. The Morgan fingerprint density at radius 1 is 1.21 bits per heavy atom. The van der Waals surface area contributed by atoms with E-state index in [1.807, 2.05) is 0 Å². The Morgan fingerprint density at radius 2 is 2.00 bits per heavy atom. The molecule has 0 radical (unpaired) electrons. The lowest BCUT2D eigenvalue weighted by atomic mass is 10.2. The molecule has 1 saturated heterocycles. The number of hydrogen-bond donors (Lipinski definition) is 1. The average Bonchev–Trinajstić information content (AvgIpc) is 3.29. The van der Waals surface area contributed by atoms with Crippen molar-refractivity contribution in [2.45, 2.75) is 19.0 Å². The highest BCUT2D eigenvalue weighted by atomic mass is 35.5. The maximum absolute atomic E-state index is 13.1. The van der Waals surface area contributed by atoms with Gasteiger partial charge in [-0.2, -0.15) is 4.98 Å². The van der Waals surface area contributed by atoms with Gasteiger partial charge in [-0.1, -0.05) is 29.3 Å². The third-order valence-corrected chi connectivity index (χ3v) is 5.69. The van der Waals surface area contributed by atoms with Crippen molar-refractivity contribution in [1.82, 2.24) is 18.7 Å². The lowest BCUT2D eigenvalue weighted by Crippen LogP contribution is -2.39. The van der Waals surface area contributed by atoms with Crippen LogP contribution in [0.2, 0.25) is 10.0 Å². The number of fused-ring (bicyclic) bond motifs is 1. The minimum atomic E-state index is -0.447. The summed E-state index contributed by atoms with van der Waals surface area (Å²) in [6.07, 6.45) is 0.865. The number of anilines is 1. The van der Waals surface area contributed by atoms with Gasteiger partial charge in [0.15, 0.2) is 11.2 Å². The molecule has 10 heteroatoms. The molecule has 148 valence electrons. The van der Waals surface area contributed by atoms with Crippen LogP contribution in [-0.2, 0) is 25.4 Å². The fourth-order valence-electron chi connectivity index (χ4n) is 3.36. The highest BCUT2D eigenvalue weighted by Gasteiger charge is 2.22. The van der Waals surface area contributed by atoms with Crippen LogP contribution in [0.4, 0.5) is 5.95 Å². The summed E-state index contributed by atoms with van der Waals surface area (Å²) in [6, 6.07) is 5.16. The van der Waals surface area contributed by atoms with Crippen LogP contribution in [0.3, 0.4) is 0 Å². The van der Waals surface area contributed by atoms with Crippen LogP contribution in [0.1, 0.15) is 12.0 Å². The molecule has 1 aliphatic heterocycles. The normalized spacial score (nSPS) is 16.8. The van der Waals surface area contributed by atoms with Crippen molar-refractivity contribution in [1.29, 1.82) is 0 Å². The van der Waals surface area contributed by atoms with Gasteiger partial charge in [0.2, 0.25) is 5.95 Å². The Balaban J connectivity index is 1.81. The number of nitrogens with one attached hydrogen (secondary N) is 1. The number of halogens is 2. The SMILES string of the molecule is Cn1c(N[C@H]2CCOC2)nc2c1c(=O)n(Cc1ccc(Cl)c(Cl)c1)c(=O)n2C. The number of aryl methyl sites for hydroxylation is 2. The lowest BCUT2D eigenvalue weighted by Gasteiger charge is -2.11. The van der Waals surface area contributed by atoms with Crippen molar-refractivity contribution in [2.24, 2.45) is 14.1 Å². The highest BCUT2D eigenvalue weighted by Crippen LogP contribution is 2.23. The molecule has 8 nitrogen and oxygen atoms in total. The molecule has 2 aromatic heterocycles. The minimum Gasteiger partial charge on any atom is -0.379 e. The zero-order chi connectivity index (χ0) is 20.0. The largest absolute Gasteiger partial charge is 0.379 e. The number of imidazole rings is 1. The molecule has 1 fully saturated rings. The van der Waals surface area contributed by atoms with Gasteiger partial charge in [-0.15, -0.1) is 0 Å². The summed E-state index contributed by atoms with van der Waals surface area (Å²) in [7, 11) is 3.35. The zero-order valence-corrected chi connectivity index (χ0v) is 16.9. The maximum Gasteiger partial charge on any atom is 0.332 e. The topological polar surface area (TPSA) is 83.1 Å². The van der Waals surface area contributed by atoms with Gasteiger partial charge >= 0.3 is 5.69 Å². The number of ether oxygens (including phenoxy) is 1. The molecule has 0 aliphatic carbocycles. The molecule has 0 unspecified atom stereocenters. The van der Waals surface area contributed by atoms with E-state index in [1.165, 1.54) is 9.13 Å². The van der Waals surface area contributed by atoms with Crippen LogP contribution in [0.25, 0.3) is 11.2 Å². The standard InChI is InChI=1S/C18H19Cl2N5O3/c1-23-14-15(22-17(23)21-11-5-6-28-9-11)24(2)18(27)25(16(14)26)8-10-3-4-12(19)13(20)7-10/h3-4,7,11H,5-6,8-9H2,1-2H3,(H,21,22)/t11-/m0/s1. The molecule has 1 N–H and O–H groups in total. The number of aromatic nitrogens is 4. The van der Waals surface area contributed by atoms with Crippen LogP contribution in [-0.4, -0.2) is 37.9 Å². The van der Waals surface area contributed by atoms with Gasteiger partial charge in [0.25, 0.3) is 5.56 Å². The molecule has 0 saturated carbocycles. The van der Waals surface area contributed by atoms with E-state index < -0.39 is 11.2 Å². The minimum absolute atomic E-state index is 0.0861. The second-order valence-corrected chi connectivity index (χ2v) is 7.67. The fraction of sp³-hybridized carbons (Fsp3) is 0.389. The summed E-state index contributed by atoms with van der Waals surface area (Å²) < 4.78 is 9.61. The highest BCUT2D eigenvalue weighted by molar-refractivity contribution is 6.42. The van der Waals surface area contributed by atoms with Crippen molar-refractivity contribution < 1.29 is 4.74 Å². The van der Waals surface area contributed by atoms with Crippen LogP contribution in [0.5, 0.6) is 0 Å². The first-order chi connectivity index (χ1) is 13.4. The molecular formula is C18H19Cl2N5O3. The van der Waals surface area contributed by atoms with E-state index in [0.717, 1.165) is 6.42 Å². The summed E-state index contributed by atoms with van der Waals surface area (Å²) in [4.78, 5) is 30.4. The van der Waals surface area contributed by atoms with Crippen LogP contribution in [0.15, 0.2) is 27.8 Å². The molecule has 3 heterocycles. The smallest absolute Gasteiger partial charge is 0.332 e. The summed E-state index contributed by atoms with van der Waals surface area (Å²) in [5.74, 6) is 0.532. The fourth-order valence-corrected chi connectivity index (χ4v) is 3.68. The van der Waals surface area contributed by atoms with E-state index in [0.29, 0.717) is 45.9 Å². The zero-order valence-electron chi connectivity index (χ0n) is 15.4. The molecule has 0 spiro atoms. The Kier molecular flexibility index (Phi) is 4.95. The Hall–Kier alpha value is -2.29. The number of benzene rings is 1. The Bertz CT molecular complexity index is 1170. The first-order valence-corrected chi connectivity index (χ1v) is 9.57. The van der Waals surface area contributed by atoms with E-state index in [9.17, 15) is 9.59 Å². The van der Waals surface area contributed by atoms with E-state index >= 15 is 0 Å². The van der Waals surface area contributed by atoms with Gasteiger partial charge in [0, 0.05) is 20.7 Å². The van der Waals surface area contributed by atoms with Gasteiger partial charge in [0.05, 0.1) is 29.2 Å². The number of nitrogens with zero attached hydrogens (tertiary/aromatic N) is 4. The Labute approximate surface area is 170 Å². The van der Waals surface area contributed by atoms with E-state index in [1.54, 1.807) is 36.9 Å². The lowest BCUT2D eigenvalue weighted by molar-refractivity contribution is 0.195. The van der Waals surface area contributed by atoms with Gasteiger partial charge < -0.3 is 14.6 Å². The first kappa shape index (κ1) is 19.0. The molecule has 4 rings (SSSR count).